The molecule has 1 aromatic carbocycles. The van der Waals surface area contributed by atoms with Crippen molar-refractivity contribution >= 4 is 11.6 Å². The number of hydrogen-bond acceptors (Lipinski definition) is 4. The lowest BCUT2D eigenvalue weighted by Crippen LogP contribution is -2.38. The SMILES string of the molecule is C=C(NNC(=O)COc1cccc(C)c1)c1ccncc1. The second-order valence-electron chi connectivity index (χ2n) is 4.49. The molecule has 0 saturated carbocycles. The monoisotopic (exact) mass is 283 g/mol. The van der Waals surface area contributed by atoms with Gasteiger partial charge in [0.15, 0.2) is 6.61 Å². The lowest BCUT2D eigenvalue weighted by Gasteiger charge is -2.11. The third-order valence-corrected chi connectivity index (χ3v) is 2.74. The Bertz CT molecular complexity index is 626. The Hall–Kier alpha value is -2.82. The summed E-state index contributed by atoms with van der Waals surface area (Å²) in [6, 6.07) is 11.1. The first-order valence-corrected chi connectivity index (χ1v) is 6.49. The maximum Gasteiger partial charge on any atom is 0.276 e. The lowest BCUT2D eigenvalue weighted by atomic mass is 10.2. The predicted octanol–water partition coefficient (Wildman–Crippen LogP) is 2.06. The lowest BCUT2D eigenvalue weighted by molar-refractivity contribution is -0.123. The van der Waals surface area contributed by atoms with Crippen molar-refractivity contribution < 1.29 is 9.53 Å². The van der Waals surface area contributed by atoms with Crippen LogP contribution in [0.3, 0.4) is 0 Å². The average Bonchev–Trinajstić information content (AvgIpc) is 2.51. The van der Waals surface area contributed by atoms with Crippen molar-refractivity contribution in [3.63, 3.8) is 0 Å². The standard InChI is InChI=1S/C16H17N3O2/c1-12-4-3-5-15(10-12)21-11-16(20)19-18-13(2)14-6-8-17-9-7-14/h3-10,18H,2,11H2,1H3,(H,19,20). The van der Waals surface area contributed by atoms with Gasteiger partial charge < -0.3 is 4.74 Å². The first-order valence-electron chi connectivity index (χ1n) is 6.49. The van der Waals surface area contributed by atoms with Crippen LogP contribution in [-0.4, -0.2) is 17.5 Å². The highest BCUT2D eigenvalue weighted by molar-refractivity contribution is 5.78. The van der Waals surface area contributed by atoms with Gasteiger partial charge in [-0.1, -0.05) is 18.7 Å². The molecule has 2 aromatic rings. The molecule has 0 aliphatic carbocycles. The number of aryl methyl sites for hydroxylation is 1. The van der Waals surface area contributed by atoms with Crippen LogP contribution in [0.1, 0.15) is 11.1 Å². The number of benzene rings is 1. The number of pyridine rings is 1. The van der Waals surface area contributed by atoms with Crippen molar-refractivity contribution in [3.05, 3.63) is 66.5 Å². The summed E-state index contributed by atoms with van der Waals surface area (Å²) < 4.78 is 5.39. The van der Waals surface area contributed by atoms with Crippen molar-refractivity contribution in [2.45, 2.75) is 6.92 Å². The van der Waals surface area contributed by atoms with Crippen LogP contribution in [0.5, 0.6) is 5.75 Å². The second-order valence-corrected chi connectivity index (χ2v) is 4.49. The topological polar surface area (TPSA) is 63.2 Å². The molecule has 0 saturated heterocycles. The van der Waals surface area contributed by atoms with Crippen molar-refractivity contribution in [3.8, 4) is 5.75 Å². The zero-order chi connectivity index (χ0) is 15.1. The summed E-state index contributed by atoms with van der Waals surface area (Å²) in [5, 5.41) is 0. The molecule has 0 aliphatic rings. The van der Waals surface area contributed by atoms with E-state index in [1.807, 2.05) is 31.2 Å². The molecule has 2 rings (SSSR count). The molecule has 0 fully saturated rings. The smallest absolute Gasteiger partial charge is 0.276 e. The molecule has 5 nitrogen and oxygen atoms in total. The summed E-state index contributed by atoms with van der Waals surface area (Å²) in [7, 11) is 0. The fourth-order valence-corrected chi connectivity index (χ4v) is 1.66. The summed E-state index contributed by atoms with van der Waals surface area (Å²) >= 11 is 0. The summed E-state index contributed by atoms with van der Waals surface area (Å²) in [5.74, 6) is 0.379. The van der Waals surface area contributed by atoms with Gasteiger partial charge in [-0.05, 0) is 36.8 Å². The number of nitrogens with one attached hydrogen (secondary N) is 2. The number of ether oxygens (including phenoxy) is 1. The van der Waals surface area contributed by atoms with Crippen molar-refractivity contribution in [2.24, 2.45) is 0 Å². The number of aromatic nitrogens is 1. The first-order chi connectivity index (χ1) is 10.1. The minimum atomic E-state index is -0.285. The Labute approximate surface area is 123 Å². The first kappa shape index (κ1) is 14.6. The molecule has 0 bridgehead atoms. The maximum atomic E-state index is 11.7. The molecule has 1 amide bonds. The number of nitrogens with zero attached hydrogens (tertiary/aromatic N) is 1. The van der Waals surface area contributed by atoms with Crippen LogP contribution in [0.15, 0.2) is 55.4 Å². The number of hydrazine groups is 1. The minimum absolute atomic E-state index is 0.0694. The Kier molecular flexibility index (Phi) is 4.93. The van der Waals surface area contributed by atoms with Gasteiger partial charge in [-0.3, -0.25) is 20.6 Å². The average molecular weight is 283 g/mol. The fourth-order valence-electron chi connectivity index (χ4n) is 1.66. The van der Waals surface area contributed by atoms with Crippen LogP contribution < -0.4 is 15.6 Å². The minimum Gasteiger partial charge on any atom is -0.484 e. The van der Waals surface area contributed by atoms with Crippen LogP contribution >= 0.6 is 0 Å². The van der Waals surface area contributed by atoms with E-state index in [1.165, 1.54) is 0 Å². The molecule has 1 heterocycles. The molecule has 0 spiro atoms. The number of carbonyl (C=O) groups excluding carboxylic acids is 1. The van der Waals surface area contributed by atoms with Crippen molar-refractivity contribution in [1.82, 2.24) is 15.8 Å². The van der Waals surface area contributed by atoms with E-state index in [2.05, 4.69) is 22.4 Å². The molecule has 108 valence electrons. The largest absolute Gasteiger partial charge is 0.484 e. The molecule has 0 aliphatic heterocycles. The van der Waals surface area contributed by atoms with Crippen LogP contribution in [0.25, 0.3) is 5.70 Å². The molecule has 2 N–H and O–H groups in total. The predicted molar refractivity (Wildman–Crippen MR) is 81.2 cm³/mol. The van der Waals surface area contributed by atoms with Gasteiger partial charge in [0.1, 0.15) is 5.75 Å². The molecule has 0 unspecified atom stereocenters. The molecule has 0 radical (unpaired) electrons. The van der Waals surface area contributed by atoms with Crippen LogP contribution in [0.4, 0.5) is 0 Å². The molecular weight excluding hydrogens is 266 g/mol. The number of rotatable bonds is 6. The number of amides is 1. The fraction of sp³-hybridized carbons (Fsp3) is 0.125. The van der Waals surface area contributed by atoms with Crippen LogP contribution in [0.2, 0.25) is 0 Å². The highest BCUT2D eigenvalue weighted by Crippen LogP contribution is 2.11. The van der Waals surface area contributed by atoms with Crippen LogP contribution in [0, 0.1) is 6.92 Å². The Balaban J connectivity index is 1.76. The van der Waals surface area contributed by atoms with Gasteiger partial charge >= 0.3 is 0 Å². The quantitative estimate of drug-likeness (QED) is 0.797. The van der Waals surface area contributed by atoms with Gasteiger partial charge in [-0.2, -0.15) is 0 Å². The second kappa shape index (κ2) is 7.09. The molecule has 21 heavy (non-hydrogen) atoms. The summed E-state index contributed by atoms with van der Waals surface area (Å²) in [6.07, 6.45) is 3.32. The van der Waals surface area contributed by atoms with E-state index in [-0.39, 0.29) is 12.5 Å². The Morgan fingerprint density at radius 2 is 2.00 bits per heavy atom. The van der Waals surface area contributed by atoms with Gasteiger partial charge in [0.25, 0.3) is 5.91 Å². The van der Waals surface area contributed by atoms with E-state index < -0.39 is 0 Å². The van der Waals surface area contributed by atoms with Gasteiger partial charge in [-0.15, -0.1) is 0 Å². The summed E-state index contributed by atoms with van der Waals surface area (Å²) in [4.78, 5) is 15.6. The van der Waals surface area contributed by atoms with Gasteiger partial charge in [0.05, 0.1) is 5.70 Å². The number of hydrogen-bond donors (Lipinski definition) is 2. The summed E-state index contributed by atoms with van der Waals surface area (Å²) in [5.41, 5.74) is 7.79. The zero-order valence-corrected chi connectivity index (χ0v) is 11.8. The van der Waals surface area contributed by atoms with E-state index in [9.17, 15) is 4.79 Å². The zero-order valence-electron chi connectivity index (χ0n) is 11.8. The van der Waals surface area contributed by atoms with Gasteiger partial charge in [-0.25, -0.2) is 0 Å². The molecule has 0 atom stereocenters. The summed E-state index contributed by atoms with van der Waals surface area (Å²) in [6.45, 7) is 5.73. The maximum absolute atomic E-state index is 11.7. The van der Waals surface area contributed by atoms with Crippen molar-refractivity contribution in [2.75, 3.05) is 6.61 Å². The highest BCUT2D eigenvalue weighted by Gasteiger charge is 2.04. The Morgan fingerprint density at radius 1 is 1.24 bits per heavy atom. The van der Waals surface area contributed by atoms with Gasteiger partial charge in [0, 0.05) is 18.0 Å². The van der Waals surface area contributed by atoms with E-state index in [0.29, 0.717) is 11.4 Å². The van der Waals surface area contributed by atoms with Crippen LogP contribution in [-0.2, 0) is 4.79 Å². The van der Waals surface area contributed by atoms with Gasteiger partial charge in [0.2, 0.25) is 0 Å². The number of carbonyl (C=O) groups is 1. The van der Waals surface area contributed by atoms with E-state index in [0.717, 1.165) is 11.1 Å². The van der Waals surface area contributed by atoms with Crippen molar-refractivity contribution in [1.29, 1.82) is 0 Å². The van der Waals surface area contributed by atoms with E-state index in [4.69, 9.17) is 4.74 Å². The molecule has 5 heteroatoms. The Morgan fingerprint density at radius 3 is 2.71 bits per heavy atom. The normalized spacial score (nSPS) is 9.76. The third kappa shape index (κ3) is 4.65. The molecule has 1 aromatic heterocycles. The van der Waals surface area contributed by atoms with E-state index >= 15 is 0 Å². The molecular formula is C16H17N3O2. The highest BCUT2D eigenvalue weighted by atomic mass is 16.5. The van der Waals surface area contributed by atoms with E-state index in [1.54, 1.807) is 24.5 Å². The third-order valence-electron chi connectivity index (χ3n) is 2.74.